The number of halogens is 1. The first-order valence-electron chi connectivity index (χ1n) is 7.45. The minimum Gasteiger partial charge on any atom is -0.478 e. The van der Waals surface area contributed by atoms with Crippen molar-refractivity contribution < 1.29 is 14.3 Å². The lowest BCUT2D eigenvalue weighted by atomic mass is 9.93. The molecule has 2 heterocycles. The van der Waals surface area contributed by atoms with Crippen LogP contribution in [0.15, 0.2) is 35.7 Å². The Kier molecular flexibility index (Phi) is 4.01. The summed E-state index contributed by atoms with van der Waals surface area (Å²) in [6, 6.07) is 6.05. The van der Waals surface area contributed by atoms with Crippen LogP contribution in [0.3, 0.4) is 0 Å². The molecule has 0 aliphatic rings. The Balaban J connectivity index is 2.29. The van der Waals surface area contributed by atoms with Crippen LogP contribution < -0.4 is 0 Å². The molecular weight excluding hydrogens is 327 g/mol. The van der Waals surface area contributed by atoms with E-state index in [2.05, 4.69) is 25.8 Å². The van der Waals surface area contributed by atoms with Gasteiger partial charge in [-0.25, -0.2) is 14.2 Å². The number of aliphatic carboxylic acids is 1. The molecule has 6 heteroatoms. The van der Waals surface area contributed by atoms with E-state index < -0.39 is 5.97 Å². The number of carboxylic acids is 1. The third-order valence-corrected chi connectivity index (χ3v) is 4.49. The lowest BCUT2D eigenvalue weighted by molar-refractivity contribution is -0.131. The number of rotatable bonds is 3. The molecule has 0 aliphatic carbocycles. The minimum absolute atomic E-state index is 0.120. The molecule has 0 amide bonds. The molecule has 0 radical (unpaired) electrons. The van der Waals surface area contributed by atoms with Gasteiger partial charge < -0.3 is 5.11 Å². The molecule has 124 valence electrons. The third kappa shape index (κ3) is 2.97. The summed E-state index contributed by atoms with van der Waals surface area (Å²) in [6.45, 7) is 6.28. The fraction of sp³-hybridized carbons (Fsp3) is 0.222. The zero-order chi connectivity index (χ0) is 17.5. The Morgan fingerprint density at radius 3 is 2.54 bits per heavy atom. The van der Waals surface area contributed by atoms with Gasteiger partial charge in [-0.05, 0) is 30.3 Å². The maximum Gasteiger partial charge on any atom is 0.328 e. The number of benzene rings is 1. The molecule has 3 aromatic rings. The van der Waals surface area contributed by atoms with Gasteiger partial charge in [-0.1, -0.05) is 20.8 Å². The fourth-order valence-corrected chi connectivity index (χ4v) is 3.64. The van der Waals surface area contributed by atoms with Gasteiger partial charge in [0.2, 0.25) is 0 Å². The van der Waals surface area contributed by atoms with Gasteiger partial charge in [0.15, 0.2) is 4.96 Å². The molecule has 0 fully saturated rings. The first kappa shape index (κ1) is 16.4. The highest BCUT2D eigenvalue weighted by atomic mass is 32.1. The number of fused-ring (bicyclic) bond motifs is 1. The average Bonchev–Trinajstić information content (AvgIpc) is 3.04. The molecule has 0 atom stereocenters. The van der Waals surface area contributed by atoms with Gasteiger partial charge in [0, 0.05) is 28.1 Å². The molecule has 2 aromatic heterocycles. The van der Waals surface area contributed by atoms with Gasteiger partial charge in [-0.15, -0.1) is 11.3 Å². The van der Waals surface area contributed by atoms with Crippen molar-refractivity contribution >= 4 is 28.3 Å². The lowest BCUT2D eigenvalue weighted by Crippen LogP contribution is -2.14. The Morgan fingerprint density at radius 1 is 1.29 bits per heavy atom. The van der Waals surface area contributed by atoms with Crippen LogP contribution in [-0.2, 0) is 10.2 Å². The van der Waals surface area contributed by atoms with E-state index in [9.17, 15) is 9.18 Å². The summed E-state index contributed by atoms with van der Waals surface area (Å²) in [5, 5.41) is 11.0. The molecule has 0 aliphatic heterocycles. The number of carboxylic acid groups (broad SMARTS) is 1. The summed E-state index contributed by atoms with van der Waals surface area (Å²) < 4.78 is 15.2. The van der Waals surface area contributed by atoms with Crippen LogP contribution in [0.1, 0.15) is 32.2 Å². The van der Waals surface area contributed by atoms with E-state index in [1.165, 1.54) is 23.5 Å². The van der Waals surface area contributed by atoms with E-state index in [-0.39, 0.29) is 11.2 Å². The molecule has 0 spiro atoms. The van der Waals surface area contributed by atoms with Crippen LogP contribution in [0.4, 0.5) is 4.39 Å². The van der Waals surface area contributed by atoms with E-state index in [4.69, 9.17) is 5.11 Å². The Bertz CT molecular complexity index is 930. The second kappa shape index (κ2) is 5.87. The van der Waals surface area contributed by atoms with E-state index >= 15 is 0 Å². The lowest BCUT2D eigenvalue weighted by Gasteiger charge is -2.18. The number of imidazole rings is 1. The van der Waals surface area contributed by atoms with Gasteiger partial charge in [0.05, 0.1) is 11.4 Å². The molecule has 1 aromatic carbocycles. The molecule has 0 bridgehead atoms. The van der Waals surface area contributed by atoms with Gasteiger partial charge in [0.1, 0.15) is 5.82 Å². The summed E-state index contributed by atoms with van der Waals surface area (Å²) in [7, 11) is 0. The summed E-state index contributed by atoms with van der Waals surface area (Å²) in [5.41, 5.74) is 3.01. The Hall–Kier alpha value is -2.47. The van der Waals surface area contributed by atoms with Crippen LogP contribution >= 0.6 is 11.3 Å². The van der Waals surface area contributed by atoms with Gasteiger partial charge in [-0.3, -0.25) is 4.40 Å². The normalized spacial score (nSPS) is 12.3. The maximum atomic E-state index is 13.2. The summed E-state index contributed by atoms with van der Waals surface area (Å²) >= 11 is 1.50. The molecule has 0 unspecified atom stereocenters. The number of hydrogen-bond acceptors (Lipinski definition) is 3. The predicted molar refractivity (Wildman–Crippen MR) is 93.8 cm³/mol. The van der Waals surface area contributed by atoms with E-state index in [1.54, 1.807) is 18.2 Å². The Labute approximate surface area is 142 Å². The molecule has 0 saturated carbocycles. The van der Waals surface area contributed by atoms with Crippen molar-refractivity contribution in [2.24, 2.45) is 0 Å². The summed E-state index contributed by atoms with van der Waals surface area (Å²) in [5.74, 6) is -1.35. The molecule has 24 heavy (non-hydrogen) atoms. The third-order valence-electron chi connectivity index (χ3n) is 3.67. The van der Waals surface area contributed by atoms with Crippen molar-refractivity contribution in [3.8, 4) is 11.3 Å². The fourth-order valence-electron chi connectivity index (χ4n) is 2.52. The van der Waals surface area contributed by atoms with Crippen LogP contribution in [0.25, 0.3) is 22.3 Å². The number of thiazole rings is 1. The van der Waals surface area contributed by atoms with Gasteiger partial charge in [-0.2, -0.15) is 0 Å². The highest BCUT2D eigenvalue weighted by Crippen LogP contribution is 2.34. The average molecular weight is 344 g/mol. The van der Waals surface area contributed by atoms with E-state index in [0.29, 0.717) is 11.4 Å². The number of hydrogen-bond donors (Lipinski definition) is 1. The number of nitrogens with zero attached hydrogens (tertiary/aromatic N) is 2. The largest absolute Gasteiger partial charge is 0.478 e. The predicted octanol–water partition coefficient (Wildman–Crippen LogP) is 4.60. The highest BCUT2D eigenvalue weighted by molar-refractivity contribution is 7.15. The van der Waals surface area contributed by atoms with Gasteiger partial charge in [0.25, 0.3) is 0 Å². The smallest absolute Gasteiger partial charge is 0.328 e. The summed E-state index contributed by atoms with van der Waals surface area (Å²) in [6.07, 6.45) is 2.64. The van der Waals surface area contributed by atoms with Crippen LogP contribution in [0.5, 0.6) is 0 Å². The van der Waals surface area contributed by atoms with Crippen LogP contribution in [0.2, 0.25) is 0 Å². The van der Waals surface area contributed by atoms with Crippen molar-refractivity contribution in [2.75, 3.05) is 0 Å². The molecule has 4 nitrogen and oxygen atoms in total. The standard InChI is InChI=1S/C18H17FN2O2S/c1-18(2,3)14-10-24-17-20-16(11-4-6-12(19)7-5-11)13(21(14)17)8-9-15(22)23/h4-10H,1-3H3,(H,22,23)/b9-8+. The molecule has 0 saturated heterocycles. The van der Waals surface area contributed by atoms with Crippen molar-refractivity contribution in [1.29, 1.82) is 0 Å². The van der Waals surface area contributed by atoms with E-state index in [0.717, 1.165) is 22.3 Å². The van der Waals surface area contributed by atoms with E-state index in [1.807, 2.05) is 9.78 Å². The molecule has 1 N–H and O–H groups in total. The summed E-state index contributed by atoms with van der Waals surface area (Å²) in [4.78, 5) is 16.4. The van der Waals surface area contributed by atoms with Crippen molar-refractivity contribution in [3.05, 3.63) is 52.9 Å². The van der Waals surface area contributed by atoms with Crippen molar-refractivity contribution in [2.45, 2.75) is 26.2 Å². The van der Waals surface area contributed by atoms with Crippen LogP contribution in [0, 0.1) is 5.82 Å². The molecule has 3 rings (SSSR count). The first-order chi connectivity index (χ1) is 11.3. The zero-order valence-corrected chi connectivity index (χ0v) is 14.4. The quantitative estimate of drug-likeness (QED) is 0.707. The zero-order valence-electron chi connectivity index (χ0n) is 13.6. The number of carbonyl (C=O) groups is 1. The monoisotopic (exact) mass is 344 g/mol. The Morgan fingerprint density at radius 2 is 1.96 bits per heavy atom. The first-order valence-corrected chi connectivity index (χ1v) is 8.32. The number of aromatic nitrogens is 2. The van der Waals surface area contributed by atoms with Crippen molar-refractivity contribution in [1.82, 2.24) is 9.38 Å². The molecular formula is C18H17FN2O2S. The second-order valence-electron chi connectivity index (χ2n) is 6.51. The maximum absolute atomic E-state index is 13.2. The van der Waals surface area contributed by atoms with Gasteiger partial charge >= 0.3 is 5.97 Å². The van der Waals surface area contributed by atoms with Crippen molar-refractivity contribution in [3.63, 3.8) is 0 Å². The minimum atomic E-state index is -1.03. The topological polar surface area (TPSA) is 54.6 Å². The van der Waals surface area contributed by atoms with Crippen LogP contribution in [-0.4, -0.2) is 20.5 Å². The highest BCUT2D eigenvalue weighted by Gasteiger charge is 2.23. The SMILES string of the molecule is CC(C)(C)c1csc2nc(-c3ccc(F)cc3)c(/C=C/C(=O)O)n12. The second-order valence-corrected chi connectivity index (χ2v) is 7.35.